The molecule has 3 heterocycles. The fraction of sp³-hybridized carbons (Fsp3) is 0.469. The molecule has 4 rings (SSSR count). The molecule has 1 amide bonds. The number of carbonyl (C=O) groups is 1. The Balaban J connectivity index is 1.77. The average Bonchev–Trinajstić information content (AvgIpc) is 2.91. The number of nitrogens with one attached hydrogen (secondary N) is 2. The summed E-state index contributed by atoms with van der Waals surface area (Å²) in [7, 11) is -4.10. The number of amides is 1. The van der Waals surface area contributed by atoms with Crippen molar-refractivity contribution in [1.82, 2.24) is 20.2 Å². The smallest absolute Gasteiger partial charge is 0.264 e. The van der Waals surface area contributed by atoms with E-state index in [1.807, 2.05) is 26.8 Å². The van der Waals surface area contributed by atoms with Crippen LogP contribution in [-0.2, 0) is 10.0 Å². The van der Waals surface area contributed by atoms with Crippen LogP contribution >= 0.6 is 0 Å². The summed E-state index contributed by atoms with van der Waals surface area (Å²) in [6, 6.07) is 7.72. The van der Waals surface area contributed by atoms with Gasteiger partial charge < -0.3 is 15.0 Å². The standard InChI is InChI=1S/C32H43N5O4S/c1-8-10-23(4)28(22(2)3)26-20-27-34-30(33-26)36-42(39,40)25-12-9-11-24(19-25)29(38)35-32(21-41-27)14-17-37(18-15-32)16-13-31(5,6)7/h8-12,19-20H,1,13-18,21H2,2-7H3,(H,35,38)(H,33,34,36)/b23-10-. The zero-order chi connectivity index (χ0) is 30.7. The molecule has 1 saturated heterocycles. The van der Waals surface area contributed by atoms with Crippen LogP contribution in [0.15, 0.2) is 65.1 Å². The molecule has 1 aromatic heterocycles. The molecule has 0 radical (unpaired) electrons. The zero-order valence-electron chi connectivity index (χ0n) is 25.6. The number of allylic oxidation sites excluding steroid dienone is 5. The van der Waals surface area contributed by atoms with Gasteiger partial charge in [-0.25, -0.2) is 18.1 Å². The molecule has 2 aromatic rings. The van der Waals surface area contributed by atoms with Crippen molar-refractivity contribution >= 4 is 27.5 Å². The summed E-state index contributed by atoms with van der Waals surface area (Å²) in [5.74, 6) is -0.228. The van der Waals surface area contributed by atoms with Crippen molar-refractivity contribution in [3.63, 3.8) is 0 Å². The Morgan fingerprint density at radius 3 is 2.50 bits per heavy atom. The first-order valence-corrected chi connectivity index (χ1v) is 15.9. The SMILES string of the molecule is C=C/C=C(/C)C(=C(C)C)c1cc2nc(n1)NS(=O)(=O)c1cccc(c1)C(=O)NC1(CCN(CCC(C)(C)C)CC1)CO2. The minimum Gasteiger partial charge on any atom is -0.475 e. The molecule has 1 aromatic carbocycles. The molecule has 1 spiro atoms. The van der Waals surface area contributed by atoms with Gasteiger partial charge in [0, 0.05) is 30.3 Å². The molecule has 0 atom stereocenters. The lowest BCUT2D eigenvalue weighted by molar-refractivity contribution is 0.0636. The second kappa shape index (κ2) is 12.4. The third kappa shape index (κ3) is 7.66. The number of likely N-dealkylation sites (tertiary alicyclic amines) is 1. The summed E-state index contributed by atoms with van der Waals surface area (Å²) in [6.07, 6.45) is 6.02. The van der Waals surface area contributed by atoms with Gasteiger partial charge >= 0.3 is 0 Å². The Bertz CT molecular complexity index is 1510. The Labute approximate surface area is 250 Å². The Hall–Kier alpha value is -3.50. The highest BCUT2D eigenvalue weighted by molar-refractivity contribution is 7.92. The molecule has 0 unspecified atom stereocenters. The van der Waals surface area contributed by atoms with Crippen LogP contribution in [0.25, 0.3) is 5.57 Å². The topological polar surface area (TPSA) is 114 Å². The molecular weight excluding hydrogens is 550 g/mol. The Kier molecular flexibility index (Phi) is 9.27. The maximum atomic E-state index is 13.5. The van der Waals surface area contributed by atoms with Crippen LogP contribution in [0.3, 0.4) is 0 Å². The van der Waals surface area contributed by atoms with E-state index in [9.17, 15) is 13.2 Å². The van der Waals surface area contributed by atoms with E-state index in [-0.39, 0.29) is 40.2 Å². The van der Waals surface area contributed by atoms with Gasteiger partial charge in [-0.05, 0) is 75.8 Å². The summed E-state index contributed by atoms with van der Waals surface area (Å²) in [4.78, 5) is 24.9. The number of fused-ring (bicyclic) bond motifs is 4. The quantitative estimate of drug-likeness (QED) is 0.434. The van der Waals surface area contributed by atoms with E-state index in [1.165, 1.54) is 12.1 Å². The molecule has 1 fully saturated rings. The number of sulfonamides is 1. The molecule has 226 valence electrons. The van der Waals surface area contributed by atoms with Crippen LogP contribution in [0.4, 0.5) is 5.95 Å². The first-order chi connectivity index (χ1) is 19.7. The molecule has 2 N–H and O–H groups in total. The van der Waals surface area contributed by atoms with Crippen LogP contribution in [-0.4, -0.2) is 61.0 Å². The van der Waals surface area contributed by atoms with Crippen molar-refractivity contribution in [2.75, 3.05) is 31.0 Å². The molecule has 42 heavy (non-hydrogen) atoms. The molecule has 2 aliphatic rings. The number of aromatic nitrogens is 2. The zero-order valence-corrected chi connectivity index (χ0v) is 26.4. The van der Waals surface area contributed by atoms with Crippen LogP contribution in [0, 0.1) is 5.41 Å². The maximum Gasteiger partial charge on any atom is 0.264 e. The van der Waals surface area contributed by atoms with Crippen molar-refractivity contribution in [3.8, 4) is 5.88 Å². The fourth-order valence-electron chi connectivity index (χ4n) is 5.30. The highest BCUT2D eigenvalue weighted by Gasteiger charge is 2.38. The lowest BCUT2D eigenvalue weighted by Crippen LogP contribution is -2.58. The number of hydrogen-bond donors (Lipinski definition) is 2. The van der Waals surface area contributed by atoms with Gasteiger partial charge in [-0.2, -0.15) is 4.98 Å². The lowest BCUT2D eigenvalue weighted by Gasteiger charge is -2.42. The average molecular weight is 594 g/mol. The number of piperidine rings is 1. The van der Waals surface area contributed by atoms with Crippen molar-refractivity contribution < 1.29 is 17.9 Å². The van der Waals surface area contributed by atoms with Gasteiger partial charge in [-0.15, -0.1) is 0 Å². The fourth-order valence-corrected chi connectivity index (χ4v) is 6.29. The minimum atomic E-state index is -4.10. The molecule has 0 saturated carbocycles. The van der Waals surface area contributed by atoms with Crippen molar-refractivity contribution in [3.05, 3.63) is 71.5 Å². The lowest BCUT2D eigenvalue weighted by atomic mass is 9.86. The summed E-state index contributed by atoms with van der Waals surface area (Å²) < 4.78 is 35.6. The minimum absolute atomic E-state index is 0.0536. The van der Waals surface area contributed by atoms with Crippen LogP contribution < -0.4 is 14.8 Å². The van der Waals surface area contributed by atoms with E-state index in [2.05, 4.69) is 52.3 Å². The summed E-state index contributed by atoms with van der Waals surface area (Å²) in [5.41, 5.74) is 3.10. The van der Waals surface area contributed by atoms with Gasteiger partial charge in [-0.3, -0.25) is 4.79 Å². The van der Waals surface area contributed by atoms with Gasteiger partial charge in [-0.1, -0.05) is 51.1 Å². The predicted octanol–water partition coefficient (Wildman–Crippen LogP) is 5.60. The second-order valence-corrected chi connectivity index (χ2v) is 14.4. The third-order valence-corrected chi connectivity index (χ3v) is 9.05. The van der Waals surface area contributed by atoms with E-state index in [0.29, 0.717) is 18.5 Å². The van der Waals surface area contributed by atoms with Crippen LogP contribution in [0.5, 0.6) is 5.88 Å². The highest BCUT2D eigenvalue weighted by Crippen LogP contribution is 2.31. The first kappa shape index (κ1) is 31.4. The van der Waals surface area contributed by atoms with Crippen molar-refractivity contribution in [1.29, 1.82) is 0 Å². The molecule has 4 bridgehead atoms. The number of carbonyl (C=O) groups excluding carboxylic acids is 1. The molecule has 0 aliphatic carbocycles. The second-order valence-electron chi connectivity index (χ2n) is 12.7. The molecule has 2 aliphatic heterocycles. The van der Waals surface area contributed by atoms with Gasteiger partial charge in [0.25, 0.3) is 15.9 Å². The normalized spacial score (nSPS) is 18.8. The summed E-state index contributed by atoms with van der Waals surface area (Å²) in [5, 5.41) is 3.22. The number of rotatable bonds is 5. The number of ether oxygens (including phenoxy) is 1. The Morgan fingerprint density at radius 2 is 1.86 bits per heavy atom. The summed E-state index contributed by atoms with van der Waals surface area (Å²) >= 11 is 0. The van der Waals surface area contributed by atoms with Crippen LogP contribution in [0.2, 0.25) is 0 Å². The van der Waals surface area contributed by atoms with E-state index >= 15 is 0 Å². The molecule has 10 heteroatoms. The van der Waals surface area contributed by atoms with Crippen LogP contribution in [0.1, 0.15) is 76.9 Å². The summed E-state index contributed by atoms with van der Waals surface area (Å²) in [6.45, 7) is 19.2. The van der Waals surface area contributed by atoms with E-state index in [1.54, 1.807) is 24.3 Å². The van der Waals surface area contributed by atoms with Crippen molar-refractivity contribution in [2.24, 2.45) is 5.41 Å². The highest BCUT2D eigenvalue weighted by atomic mass is 32.2. The van der Waals surface area contributed by atoms with Gasteiger partial charge in [0.05, 0.1) is 16.1 Å². The van der Waals surface area contributed by atoms with Gasteiger partial charge in [0.15, 0.2) is 0 Å². The monoisotopic (exact) mass is 593 g/mol. The van der Waals surface area contributed by atoms with E-state index < -0.39 is 15.6 Å². The number of hydrogen-bond acceptors (Lipinski definition) is 7. The van der Waals surface area contributed by atoms with E-state index in [0.717, 1.165) is 42.8 Å². The predicted molar refractivity (Wildman–Crippen MR) is 167 cm³/mol. The first-order valence-electron chi connectivity index (χ1n) is 14.4. The largest absolute Gasteiger partial charge is 0.475 e. The molecule has 9 nitrogen and oxygen atoms in total. The number of nitrogens with zero attached hydrogens (tertiary/aromatic N) is 3. The van der Waals surface area contributed by atoms with E-state index in [4.69, 9.17) is 4.74 Å². The number of benzene rings is 1. The van der Waals surface area contributed by atoms with Gasteiger partial charge in [0.2, 0.25) is 11.8 Å². The van der Waals surface area contributed by atoms with Crippen molar-refractivity contribution in [2.45, 2.75) is 71.2 Å². The molecular formula is C32H43N5O4S. The van der Waals surface area contributed by atoms with Gasteiger partial charge in [0.1, 0.15) is 6.61 Å². The maximum absolute atomic E-state index is 13.5. The third-order valence-electron chi connectivity index (χ3n) is 7.72. The number of anilines is 1. The Morgan fingerprint density at radius 1 is 1.14 bits per heavy atom.